The third kappa shape index (κ3) is 5.27. The average molecular weight is 645 g/mol. The Kier molecular flexibility index (Phi) is 7.38. The Morgan fingerprint density at radius 1 is 0.360 bits per heavy atom. The number of hydrogen-bond acceptors (Lipinski definition) is 3. The zero-order chi connectivity index (χ0) is 33.4. The number of H-pyrrole nitrogens is 2. The Morgan fingerprint density at radius 2 is 0.660 bits per heavy atom. The molecule has 5 heterocycles. The third-order valence-electron chi connectivity index (χ3n) is 9.37. The highest BCUT2D eigenvalue weighted by Crippen LogP contribution is 2.38. The van der Waals surface area contributed by atoms with Crippen LogP contribution in [0.25, 0.3) is 90.9 Å². The lowest BCUT2D eigenvalue weighted by molar-refractivity contribution is 0.282. The summed E-state index contributed by atoms with van der Waals surface area (Å²) >= 11 is 0. The maximum absolute atomic E-state index is 9.79. The van der Waals surface area contributed by atoms with E-state index >= 15 is 0 Å². The van der Waals surface area contributed by atoms with Crippen LogP contribution in [0, 0.1) is 0 Å². The molecule has 2 aliphatic rings. The Labute approximate surface area is 289 Å². The molecule has 3 aromatic heterocycles. The van der Waals surface area contributed by atoms with Crippen LogP contribution in [0.2, 0.25) is 0 Å². The predicted octanol–water partition coefficient (Wildman–Crippen LogP) is 10.8. The van der Waals surface area contributed by atoms with Crippen molar-refractivity contribution >= 4 is 46.4 Å². The smallest absolute Gasteiger partial charge is 0.0737 e. The fraction of sp³-hybridized carbons (Fsp3) is 0.0222. The second kappa shape index (κ2) is 12.5. The second-order valence-corrected chi connectivity index (χ2v) is 12.5. The molecule has 0 amide bonds. The quantitative estimate of drug-likeness (QED) is 0.174. The van der Waals surface area contributed by atoms with Crippen LogP contribution in [0.1, 0.15) is 28.3 Å². The Balaban J connectivity index is 1.47. The molecule has 0 saturated carbocycles. The van der Waals surface area contributed by atoms with E-state index in [0.29, 0.717) is 0 Å². The number of aliphatic hydroxyl groups is 1. The molecule has 0 atom stereocenters. The number of hydrogen-bond donors (Lipinski definition) is 3. The molecule has 0 radical (unpaired) electrons. The second-order valence-electron chi connectivity index (χ2n) is 12.5. The van der Waals surface area contributed by atoms with Crippen molar-refractivity contribution in [3.05, 3.63) is 168 Å². The van der Waals surface area contributed by atoms with Gasteiger partial charge in [-0.25, -0.2) is 9.97 Å². The lowest BCUT2D eigenvalue weighted by atomic mass is 10.0. The maximum atomic E-state index is 9.79. The molecule has 0 unspecified atom stereocenters. The molecular weight excluding hydrogens is 613 g/mol. The number of nitrogens with zero attached hydrogens (tertiary/aromatic N) is 2. The van der Waals surface area contributed by atoms with Gasteiger partial charge in [0.25, 0.3) is 0 Å². The van der Waals surface area contributed by atoms with Gasteiger partial charge in [0.2, 0.25) is 0 Å². The molecule has 5 nitrogen and oxygen atoms in total. The summed E-state index contributed by atoms with van der Waals surface area (Å²) < 4.78 is 0. The number of nitrogens with one attached hydrogen (secondary N) is 2. The Morgan fingerprint density at radius 3 is 0.960 bits per heavy atom. The van der Waals surface area contributed by atoms with Crippen molar-refractivity contribution in [3.8, 4) is 44.5 Å². The number of fused-ring (bicyclic) bond motifs is 8. The molecule has 238 valence electrons. The normalized spacial score (nSPS) is 12.0. The summed E-state index contributed by atoms with van der Waals surface area (Å²) in [5, 5.41) is 9.79. The van der Waals surface area contributed by atoms with Crippen molar-refractivity contribution in [2.45, 2.75) is 6.61 Å². The average Bonchev–Trinajstić information content (AvgIpc) is 4.01. The van der Waals surface area contributed by atoms with E-state index in [1.165, 1.54) is 0 Å². The van der Waals surface area contributed by atoms with Crippen molar-refractivity contribution in [2.75, 3.05) is 0 Å². The van der Waals surface area contributed by atoms with E-state index in [-0.39, 0.29) is 6.61 Å². The standard InChI is InChI=1S/C45H32N4O/c50-28-29-16-18-33(19-17-29)45-40-26-24-38(48-40)43(31-12-6-2-7-13-31)36-22-20-34(46-36)42(30-10-4-1-5-11-30)35-21-23-37(47-35)44(32-14-8-3-9-15-32)39-25-27-41(45)49-39/h1-27,46,49-50H,28H2. The van der Waals surface area contributed by atoms with Crippen molar-refractivity contribution in [1.82, 2.24) is 19.9 Å². The number of rotatable bonds is 5. The molecule has 5 heteroatoms. The summed E-state index contributed by atoms with van der Waals surface area (Å²) in [6, 6.07) is 47.9. The minimum Gasteiger partial charge on any atom is -0.392 e. The Bertz CT molecular complexity index is 2560. The van der Waals surface area contributed by atoms with Crippen LogP contribution >= 0.6 is 0 Å². The predicted molar refractivity (Wildman–Crippen MR) is 207 cm³/mol. The van der Waals surface area contributed by atoms with Gasteiger partial charge in [0, 0.05) is 44.3 Å². The first-order valence-corrected chi connectivity index (χ1v) is 16.8. The number of benzene rings is 4. The SMILES string of the molecule is OCc1ccc(-c2c3nc(c(-c4ccccc4)c4ccc([nH]4)c(-c4ccccc4)c4nc(c(-c5ccccc5)c5ccc2[nH]5)C=C4)C=C3)cc1. The molecule has 2 aliphatic heterocycles. The molecule has 9 rings (SSSR count). The molecule has 50 heavy (non-hydrogen) atoms. The van der Waals surface area contributed by atoms with Gasteiger partial charge in [0.1, 0.15) is 0 Å². The van der Waals surface area contributed by atoms with E-state index < -0.39 is 0 Å². The summed E-state index contributed by atoms with van der Waals surface area (Å²) in [5.74, 6) is 0. The number of aromatic nitrogens is 4. The molecule has 8 bridgehead atoms. The molecule has 7 aromatic rings. The minimum atomic E-state index is -0.0119. The third-order valence-corrected chi connectivity index (χ3v) is 9.37. The molecule has 3 N–H and O–H groups in total. The van der Waals surface area contributed by atoms with E-state index in [1.54, 1.807) is 0 Å². The summed E-state index contributed by atoms with van der Waals surface area (Å²) in [6.45, 7) is -0.0119. The molecule has 0 aliphatic carbocycles. The molecule has 0 saturated heterocycles. The van der Waals surface area contributed by atoms with E-state index in [9.17, 15) is 5.11 Å². The van der Waals surface area contributed by atoms with Crippen LogP contribution < -0.4 is 0 Å². The maximum Gasteiger partial charge on any atom is 0.0737 e. The monoisotopic (exact) mass is 644 g/mol. The van der Waals surface area contributed by atoms with Crippen molar-refractivity contribution in [3.63, 3.8) is 0 Å². The summed E-state index contributed by atoms with van der Waals surface area (Å²) in [4.78, 5) is 18.3. The first-order chi connectivity index (χ1) is 24.7. The number of aromatic amines is 2. The van der Waals surface area contributed by atoms with Gasteiger partial charge in [-0.05, 0) is 76.4 Å². The highest BCUT2D eigenvalue weighted by atomic mass is 16.3. The molecule has 4 aromatic carbocycles. The van der Waals surface area contributed by atoms with Gasteiger partial charge in [-0.2, -0.15) is 0 Å². The largest absolute Gasteiger partial charge is 0.392 e. The number of aliphatic hydroxyl groups excluding tert-OH is 1. The lowest BCUT2D eigenvalue weighted by Crippen LogP contribution is -1.90. The van der Waals surface area contributed by atoms with E-state index in [4.69, 9.17) is 9.97 Å². The van der Waals surface area contributed by atoms with Crippen molar-refractivity contribution < 1.29 is 5.11 Å². The lowest BCUT2D eigenvalue weighted by Gasteiger charge is -2.07. The highest BCUT2D eigenvalue weighted by Gasteiger charge is 2.18. The van der Waals surface area contributed by atoms with Gasteiger partial charge < -0.3 is 15.1 Å². The molecular formula is C45H32N4O. The Hall–Kier alpha value is -6.56. The van der Waals surface area contributed by atoms with Gasteiger partial charge in [-0.1, -0.05) is 115 Å². The molecule has 0 spiro atoms. The van der Waals surface area contributed by atoms with E-state index in [2.05, 4.69) is 143 Å². The van der Waals surface area contributed by atoms with E-state index in [1.807, 2.05) is 30.3 Å². The van der Waals surface area contributed by atoms with Crippen LogP contribution in [0.15, 0.2) is 140 Å². The zero-order valence-electron chi connectivity index (χ0n) is 27.1. The van der Waals surface area contributed by atoms with Gasteiger partial charge >= 0.3 is 0 Å². The first kappa shape index (κ1) is 29.6. The van der Waals surface area contributed by atoms with Crippen molar-refractivity contribution in [2.24, 2.45) is 0 Å². The van der Waals surface area contributed by atoms with Crippen molar-refractivity contribution in [1.29, 1.82) is 0 Å². The highest BCUT2D eigenvalue weighted by molar-refractivity contribution is 5.99. The fourth-order valence-electron chi connectivity index (χ4n) is 7.01. The molecule has 0 fully saturated rings. The van der Waals surface area contributed by atoms with Gasteiger partial charge in [0.15, 0.2) is 0 Å². The van der Waals surface area contributed by atoms with Gasteiger partial charge in [-0.15, -0.1) is 0 Å². The summed E-state index contributed by atoms with van der Waals surface area (Å²) in [6.07, 6.45) is 8.45. The summed E-state index contributed by atoms with van der Waals surface area (Å²) in [7, 11) is 0. The van der Waals surface area contributed by atoms with Gasteiger partial charge in [0.05, 0.1) is 29.4 Å². The van der Waals surface area contributed by atoms with Crippen LogP contribution in [0.4, 0.5) is 0 Å². The fourth-order valence-corrected chi connectivity index (χ4v) is 7.01. The first-order valence-electron chi connectivity index (χ1n) is 16.8. The van der Waals surface area contributed by atoms with Crippen LogP contribution in [-0.2, 0) is 6.61 Å². The van der Waals surface area contributed by atoms with E-state index in [0.717, 1.165) is 94.9 Å². The topological polar surface area (TPSA) is 77.6 Å². The van der Waals surface area contributed by atoms with Crippen LogP contribution in [0.5, 0.6) is 0 Å². The van der Waals surface area contributed by atoms with Crippen LogP contribution in [-0.4, -0.2) is 25.0 Å². The van der Waals surface area contributed by atoms with Gasteiger partial charge in [-0.3, -0.25) is 0 Å². The van der Waals surface area contributed by atoms with Crippen LogP contribution in [0.3, 0.4) is 0 Å². The summed E-state index contributed by atoms with van der Waals surface area (Å²) in [5.41, 5.74) is 16.4. The minimum absolute atomic E-state index is 0.0119. The zero-order valence-corrected chi connectivity index (χ0v) is 27.1.